The predicted octanol–water partition coefficient (Wildman–Crippen LogP) is 0.143. The zero-order chi connectivity index (χ0) is 14.1. The molecule has 0 saturated heterocycles. The van der Waals surface area contributed by atoms with Crippen molar-refractivity contribution in [3.63, 3.8) is 0 Å². The van der Waals surface area contributed by atoms with Crippen LogP contribution in [0, 0.1) is 0 Å². The number of hydroxylamine groups is 3. The van der Waals surface area contributed by atoms with E-state index in [-0.39, 0.29) is 6.10 Å². The first-order valence-electron chi connectivity index (χ1n) is 5.18. The van der Waals surface area contributed by atoms with Crippen LogP contribution >= 0.6 is 7.82 Å². The van der Waals surface area contributed by atoms with Crippen molar-refractivity contribution in [2.75, 3.05) is 41.5 Å². The largest absolute Gasteiger partial charge is 0.756 e. The average Bonchev–Trinajstić information content (AvgIpc) is 2.16. The fourth-order valence-corrected chi connectivity index (χ4v) is 1.26. The van der Waals surface area contributed by atoms with Crippen LogP contribution in [-0.4, -0.2) is 57.3 Å². The van der Waals surface area contributed by atoms with E-state index < -0.39 is 7.82 Å². The Balaban J connectivity index is 0. The molecule has 1 atom stereocenters. The molecular weight excluding hydrogens is 249 g/mol. The Kier molecular flexibility index (Phi) is 10.2. The molecule has 0 radical (unpaired) electrons. The zero-order valence-electron chi connectivity index (χ0n) is 11.4. The van der Waals surface area contributed by atoms with Crippen molar-refractivity contribution in [3.05, 3.63) is 0 Å². The highest BCUT2D eigenvalue weighted by Crippen LogP contribution is 2.34. The van der Waals surface area contributed by atoms with Crippen LogP contribution in [0.4, 0.5) is 0 Å². The fourth-order valence-electron chi connectivity index (χ4n) is 1.11. The van der Waals surface area contributed by atoms with Gasteiger partial charge >= 0.3 is 0 Å². The molecule has 17 heavy (non-hydrogen) atoms. The molecule has 0 bridgehead atoms. The molecule has 0 aromatic carbocycles. The van der Waals surface area contributed by atoms with Crippen molar-refractivity contribution in [1.82, 2.24) is 0 Å². The maximum Gasteiger partial charge on any atom is 0.267 e. The average molecular weight is 273 g/mol. The molecule has 106 valence electrons. The van der Waals surface area contributed by atoms with Gasteiger partial charge in [-0.3, -0.25) is 4.57 Å². The van der Waals surface area contributed by atoms with E-state index in [4.69, 9.17) is 9.94 Å². The van der Waals surface area contributed by atoms with E-state index in [0.717, 1.165) is 14.2 Å². The molecule has 0 saturated carbocycles. The minimum atomic E-state index is -3.90. The number of phosphoric ester groups is 1. The van der Waals surface area contributed by atoms with Crippen LogP contribution in [0.1, 0.15) is 13.8 Å². The van der Waals surface area contributed by atoms with Gasteiger partial charge in [-0.2, -0.15) is 4.65 Å². The summed E-state index contributed by atoms with van der Waals surface area (Å²) in [5, 5.41) is 9.02. The van der Waals surface area contributed by atoms with Crippen molar-refractivity contribution >= 4 is 7.82 Å². The van der Waals surface area contributed by atoms with Crippen LogP contribution in [-0.2, 0) is 18.5 Å². The second kappa shape index (κ2) is 8.99. The molecule has 0 amide bonds. The molecule has 0 rings (SSSR count). The Hall–Kier alpha value is -0.0100. The molecule has 7 nitrogen and oxygen atoms in total. The standard InChI is InChI=1S/C7H18NO2.C2H7O4P/c1-5-10-8(3,4)6-7(2)9;1-5-7(3,4)6-2/h7,9H,5-6H2,1-4H3;1-2H3,(H,3,4)/q+1;/p-1. The van der Waals surface area contributed by atoms with Crippen molar-refractivity contribution in [2.24, 2.45) is 0 Å². The van der Waals surface area contributed by atoms with Gasteiger partial charge < -0.3 is 19.0 Å². The third kappa shape index (κ3) is 13.9. The monoisotopic (exact) mass is 273 g/mol. The maximum absolute atomic E-state index is 9.95. The smallest absolute Gasteiger partial charge is 0.267 e. The van der Waals surface area contributed by atoms with E-state index in [0.29, 0.717) is 17.8 Å². The first kappa shape index (κ1) is 19.3. The number of aliphatic hydroxyl groups excluding tert-OH is 1. The Morgan fingerprint density at radius 3 is 1.94 bits per heavy atom. The summed E-state index contributed by atoms with van der Waals surface area (Å²) in [4.78, 5) is 15.3. The van der Waals surface area contributed by atoms with Gasteiger partial charge in [0.25, 0.3) is 7.82 Å². The molecular formula is C9H24NO6P. The topological polar surface area (TPSA) is 88.0 Å². The minimum Gasteiger partial charge on any atom is -0.756 e. The number of aliphatic hydroxyl groups is 1. The van der Waals surface area contributed by atoms with Crippen LogP contribution in [0.15, 0.2) is 0 Å². The molecule has 0 aliphatic rings. The van der Waals surface area contributed by atoms with Crippen molar-refractivity contribution in [3.8, 4) is 0 Å². The normalized spacial score (nSPS) is 13.9. The van der Waals surface area contributed by atoms with E-state index >= 15 is 0 Å². The summed E-state index contributed by atoms with van der Waals surface area (Å²) in [5.74, 6) is 0. The zero-order valence-corrected chi connectivity index (χ0v) is 12.3. The summed E-state index contributed by atoms with van der Waals surface area (Å²) in [6, 6.07) is 0. The molecule has 0 aromatic rings. The molecule has 1 N–H and O–H groups in total. The highest BCUT2D eigenvalue weighted by atomic mass is 31.2. The van der Waals surface area contributed by atoms with Gasteiger partial charge in [-0.05, 0) is 13.8 Å². The van der Waals surface area contributed by atoms with Gasteiger partial charge in [0.1, 0.15) is 19.3 Å². The third-order valence-electron chi connectivity index (χ3n) is 1.63. The van der Waals surface area contributed by atoms with Gasteiger partial charge in [0.2, 0.25) is 0 Å². The van der Waals surface area contributed by atoms with Crippen molar-refractivity contribution in [1.29, 1.82) is 0 Å². The first-order valence-corrected chi connectivity index (χ1v) is 6.64. The lowest BCUT2D eigenvalue weighted by Gasteiger charge is -2.27. The van der Waals surface area contributed by atoms with Crippen LogP contribution in [0.5, 0.6) is 0 Å². The first-order chi connectivity index (χ1) is 7.60. The predicted molar refractivity (Wildman–Crippen MR) is 61.9 cm³/mol. The van der Waals surface area contributed by atoms with E-state index in [1.54, 1.807) is 6.92 Å². The molecule has 0 aliphatic carbocycles. The van der Waals surface area contributed by atoms with E-state index in [1.807, 2.05) is 21.0 Å². The van der Waals surface area contributed by atoms with E-state index in [1.165, 1.54) is 0 Å². The van der Waals surface area contributed by atoms with E-state index in [9.17, 15) is 9.46 Å². The van der Waals surface area contributed by atoms with Crippen molar-refractivity contribution in [2.45, 2.75) is 20.0 Å². The number of nitrogens with zero attached hydrogens (tertiary/aromatic N) is 1. The highest BCUT2D eigenvalue weighted by Gasteiger charge is 2.18. The Morgan fingerprint density at radius 2 is 1.76 bits per heavy atom. The van der Waals surface area contributed by atoms with Gasteiger partial charge in [-0.1, -0.05) is 0 Å². The fraction of sp³-hybridized carbons (Fsp3) is 1.00. The van der Waals surface area contributed by atoms with Gasteiger partial charge in [-0.25, -0.2) is 4.84 Å². The number of phosphoric acid groups is 1. The summed E-state index contributed by atoms with van der Waals surface area (Å²) >= 11 is 0. The molecule has 0 spiro atoms. The quantitative estimate of drug-likeness (QED) is 0.421. The Labute approximate surface area is 103 Å². The molecule has 1 unspecified atom stereocenters. The Bertz CT molecular complexity index is 226. The molecule has 0 fully saturated rings. The lowest BCUT2D eigenvalue weighted by molar-refractivity contribution is -1.08. The number of hydrogen-bond donors (Lipinski definition) is 1. The van der Waals surface area contributed by atoms with Crippen LogP contribution < -0.4 is 4.89 Å². The summed E-state index contributed by atoms with van der Waals surface area (Å²) in [7, 11) is 2.03. The summed E-state index contributed by atoms with van der Waals surface area (Å²) in [5.41, 5.74) is 0. The highest BCUT2D eigenvalue weighted by molar-refractivity contribution is 7.45. The van der Waals surface area contributed by atoms with Gasteiger partial charge in [-0.15, -0.1) is 0 Å². The SMILES string of the molecule is CCO[N+](C)(C)CC(C)O.COP(=O)([O-])OC. The van der Waals surface area contributed by atoms with Gasteiger partial charge in [0.05, 0.1) is 14.1 Å². The molecule has 8 heteroatoms. The lowest BCUT2D eigenvalue weighted by atomic mass is 10.4. The second-order valence-electron chi connectivity index (χ2n) is 3.84. The molecule has 0 heterocycles. The van der Waals surface area contributed by atoms with Gasteiger partial charge in [0.15, 0.2) is 0 Å². The number of hydrogen-bond acceptors (Lipinski definition) is 6. The lowest BCUT2D eigenvalue weighted by Crippen LogP contribution is -2.44. The Morgan fingerprint density at radius 1 is 1.35 bits per heavy atom. The number of likely N-dealkylation sites (N-methyl/N-ethyl adjacent to an activating group) is 1. The number of rotatable bonds is 6. The van der Waals surface area contributed by atoms with Gasteiger partial charge in [0, 0.05) is 14.2 Å². The molecule has 0 aliphatic heterocycles. The third-order valence-corrected chi connectivity index (χ3v) is 2.52. The summed E-state index contributed by atoms with van der Waals surface area (Å²) < 4.78 is 18.1. The van der Waals surface area contributed by atoms with Crippen molar-refractivity contribution < 1.29 is 33.1 Å². The summed E-state index contributed by atoms with van der Waals surface area (Å²) in [6.45, 7) is 5.02. The minimum absolute atomic E-state index is 0.304. The second-order valence-corrected chi connectivity index (χ2v) is 5.46. The maximum atomic E-state index is 9.95. The van der Waals surface area contributed by atoms with E-state index in [2.05, 4.69) is 9.05 Å². The van der Waals surface area contributed by atoms with Crippen LogP contribution in [0.25, 0.3) is 0 Å². The summed E-state index contributed by atoms with van der Waals surface area (Å²) in [6.07, 6.45) is -0.304. The van der Waals surface area contributed by atoms with Crippen LogP contribution in [0.2, 0.25) is 0 Å². The van der Waals surface area contributed by atoms with Crippen LogP contribution in [0.3, 0.4) is 0 Å². The number of quaternary nitrogens is 1. The molecule has 0 aromatic heterocycles.